The van der Waals surface area contributed by atoms with Crippen LogP contribution < -0.4 is 10.0 Å². The summed E-state index contributed by atoms with van der Waals surface area (Å²) < 4.78 is 119. The first-order valence-corrected chi connectivity index (χ1v) is 15.2. The normalized spacial score (nSPS) is 19.8. The summed E-state index contributed by atoms with van der Waals surface area (Å²) in [6, 6.07) is 4.88. The second-order valence-electron chi connectivity index (χ2n) is 11.1. The number of alkyl halides is 6. The summed E-state index contributed by atoms with van der Waals surface area (Å²) in [5.74, 6) is -2.64. The van der Waals surface area contributed by atoms with Gasteiger partial charge < -0.3 is 5.32 Å². The van der Waals surface area contributed by atoms with Gasteiger partial charge >= 0.3 is 12.4 Å². The Morgan fingerprint density at radius 3 is 2.16 bits per heavy atom. The van der Waals surface area contributed by atoms with Gasteiger partial charge in [0.1, 0.15) is 5.82 Å². The number of carbonyl (C=O) groups is 2. The molecule has 7 nitrogen and oxygen atoms in total. The van der Waals surface area contributed by atoms with Crippen molar-refractivity contribution >= 4 is 21.8 Å². The molecule has 1 heterocycles. The van der Waals surface area contributed by atoms with Crippen molar-refractivity contribution in [2.24, 2.45) is 11.3 Å². The molecular weight excluding hydrogens is 607 g/mol. The molecule has 0 bridgehead atoms. The van der Waals surface area contributed by atoms with E-state index in [0.717, 1.165) is 18.9 Å². The van der Waals surface area contributed by atoms with E-state index in [1.54, 1.807) is 4.72 Å². The van der Waals surface area contributed by atoms with Gasteiger partial charge in [-0.3, -0.25) is 14.5 Å². The second kappa shape index (κ2) is 12.1. The molecule has 15 heteroatoms. The molecule has 2 amide bonds. The largest absolute Gasteiger partial charge is 0.416 e. The highest BCUT2D eigenvalue weighted by Crippen LogP contribution is 2.46. The standard InChI is InChI=1S/C28H30F7N3O4S/c1-2-43(41,42)37-24(39)22-11-18(5-6-23(22)29)15-38-8-7-26(16-38,13-17-3-4-17)25(40)36-14-19-9-20(27(30,31)32)12-21(10-19)28(33,34)35/h5-6,9-12,17H,2-4,7-8,13-16H2,1H3,(H,36,40)(H,37,39). The topological polar surface area (TPSA) is 95.6 Å². The van der Waals surface area contributed by atoms with Gasteiger partial charge in [-0.25, -0.2) is 17.5 Å². The number of amides is 2. The molecule has 1 atom stereocenters. The SMILES string of the molecule is CCS(=O)(=O)NC(=O)c1cc(CN2CCC(CC3CC3)(C(=O)NCc3cc(C(F)(F)F)cc(C(F)(F)F)c3)C2)ccc1F. The van der Waals surface area contributed by atoms with Crippen molar-refractivity contribution in [3.05, 3.63) is 70.0 Å². The fraction of sp³-hybridized carbons (Fsp3) is 0.500. The predicted molar refractivity (Wildman–Crippen MR) is 141 cm³/mol. The van der Waals surface area contributed by atoms with Crippen LogP contribution in [0.3, 0.4) is 0 Å². The van der Waals surface area contributed by atoms with Crippen LogP contribution in [0.2, 0.25) is 0 Å². The van der Waals surface area contributed by atoms with Crippen molar-refractivity contribution in [1.29, 1.82) is 0 Å². The van der Waals surface area contributed by atoms with Gasteiger partial charge in [0.25, 0.3) is 5.91 Å². The molecule has 1 saturated heterocycles. The maximum absolute atomic E-state index is 14.4. The summed E-state index contributed by atoms with van der Waals surface area (Å²) >= 11 is 0. The van der Waals surface area contributed by atoms with Gasteiger partial charge in [0.2, 0.25) is 15.9 Å². The molecule has 0 aromatic heterocycles. The molecule has 1 aliphatic carbocycles. The van der Waals surface area contributed by atoms with Crippen LogP contribution in [-0.4, -0.2) is 44.0 Å². The highest BCUT2D eigenvalue weighted by atomic mass is 32.2. The molecule has 2 aromatic carbocycles. The predicted octanol–water partition coefficient (Wildman–Crippen LogP) is 5.25. The van der Waals surface area contributed by atoms with Crippen molar-refractivity contribution in [2.45, 2.75) is 58.0 Å². The number of rotatable bonds is 10. The Labute approximate surface area is 243 Å². The van der Waals surface area contributed by atoms with E-state index < -0.39 is 68.7 Å². The molecule has 0 radical (unpaired) electrons. The first-order valence-electron chi connectivity index (χ1n) is 13.5. The summed E-state index contributed by atoms with van der Waals surface area (Å²) in [6.45, 7) is 1.60. The molecule has 2 fully saturated rings. The van der Waals surface area contributed by atoms with Crippen molar-refractivity contribution < 1.29 is 48.7 Å². The fourth-order valence-corrected chi connectivity index (χ4v) is 5.81. The monoisotopic (exact) mass is 637 g/mol. The van der Waals surface area contributed by atoms with Gasteiger partial charge in [0.15, 0.2) is 0 Å². The van der Waals surface area contributed by atoms with Crippen LogP contribution in [0.15, 0.2) is 36.4 Å². The van der Waals surface area contributed by atoms with Crippen LogP contribution in [0.25, 0.3) is 0 Å². The van der Waals surface area contributed by atoms with E-state index in [2.05, 4.69) is 5.32 Å². The second-order valence-corrected chi connectivity index (χ2v) is 13.1. The maximum atomic E-state index is 14.4. The Bertz CT molecular complexity index is 1460. The van der Waals surface area contributed by atoms with Crippen LogP contribution >= 0.6 is 0 Å². The minimum atomic E-state index is -5.01. The Kier molecular flexibility index (Phi) is 9.17. The van der Waals surface area contributed by atoms with Crippen LogP contribution in [0, 0.1) is 17.2 Å². The van der Waals surface area contributed by atoms with Crippen molar-refractivity contribution in [2.75, 3.05) is 18.8 Å². The summed E-state index contributed by atoms with van der Waals surface area (Å²) in [6.07, 6.45) is -7.37. The quantitative estimate of drug-likeness (QED) is 0.347. The zero-order chi connectivity index (χ0) is 31.8. The molecule has 43 heavy (non-hydrogen) atoms. The molecule has 4 rings (SSSR count). The maximum Gasteiger partial charge on any atom is 0.416 e. The lowest BCUT2D eigenvalue weighted by atomic mass is 9.80. The molecule has 2 aromatic rings. The van der Waals surface area contributed by atoms with E-state index in [0.29, 0.717) is 37.1 Å². The number of benzene rings is 2. The van der Waals surface area contributed by atoms with E-state index in [-0.39, 0.29) is 36.4 Å². The number of likely N-dealkylation sites (tertiary alicyclic amines) is 1. The molecule has 0 spiro atoms. The lowest BCUT2D eigenvalue weighted by Crippen LogP contribution is -2.43. The molecule has 1 unspecified atom stereocenters. The zero-order valence-corrected chi connectivity index (χ0v) is 23.9. The third-order valence-electron chi connectivity index (χ3n) is 7.70. The summed E-state index contributed by atoms with van der Waals surface area (Å²) in [5, 5.41) is 2.56. The molecule has 1 saturated carbocycles. The zero-order valence-electron chi connectivity index (χ0n) is 23.0. The Hall–Kier alpha value is -3.20. The average molecular weight is 638 g/mol. The molecule has 2 aliphatic rings. The Morgan fingerprint density at radius 2 is 1.60 bits per heavy atom. The fourth-order valence-electron chi connectivity index (χ4n) is 5.28. The number of halogens is 7. The van der Waals surface area contributed by atoms with Crippen molar-refractivity contribution in [1.82, 2.24) is 14.9 Å². The van der Waals surface area contributed by atoms with Crippen LogP contribution in [0.4, 0.5) is 30.7 Å². The molecule has 236 valence electrons. The van der Waals surface area contributed by atoms with Gasteiger partial charge in [-0.15, -0.1) is 0 Å². The van der Waals surface area contributed by atoms with E-state index in [1.807, 2.05) is 4.90 Å². The van der Waals surface area contributed by atoms with E-state index >= 15 is 0 Å². The third kappa shape index (κ3) is 8.25. The Balaban J connectivity index is 1.49. The van der Waals surface area contributed by atoms with Crippen LogP contribution in [0.5, 0.6) is 0 Å². The summed E-state index contributed by atoms with van der Waals surface area (Å²) in [4.78, 5) is 27.7. The highest BCUT2D eigenvalue weighted by molar-refractivity contribution is 7.90. The Morgan fingerprint density at radius 1 is 0.977 bits per heavy atom. The lowest BCUT2D eigenvalue weighted by molar-refractivity contribution is -0.143. The first kappa shape index (κ1) is 32.7. The summed E-state index contributed by atoms with van der Waals surface area (Å²) in [5.41, 5.74) is -4.21. The minimum Gasteiger partial charge on any atom is -0.352 e. The number of carbonyl (C=O) groups excluding carboxylic acids is 2. The number of nitrogens with one attached hydrogen (secondary N) is 2. The number of sulfonamides is 1. The minimum absolute atomic E-state index is 0.0297. The van der Waals surface area contributed by atoms with Gasteiger partial charge in [0, 0.05) is 19.6 Å². The average Bonchev–Trinajstić information content (AvgIpc) is 3.64. The van der Waals surface area contributed by atoms with Crippen LogP contribution in [-0.2, 0) is 40.3 Å². The van der Waals surface area contributed by atoms with E-state index in [1.165, 1.54) is 19.1 Å². The summed E-state index contributed by atoms with van der Waals surface area (Å²) in [7, 11) is -3.93. The van der Waals surface area contributed by atoms with Gasteiger partial charge in [-0.2, -0.15) is 26.3 Å². The number of hydrogen-bond acceptors (Lipinski definition) is 5. The van der Waals surface area contributed by atoms with E-state index in [4.69, 9.17) is 0 Å². The molecule has 2 N–H and O–H groups in total. The van der Waals surface area contributed by atoms with Gasteiger partial charge in [-0.05, 0) is 73.7 Å². The molecular formula is C28H30F7N3O4S. The van der Waals surface area contributed by atoms with Crippen LogP contribution in [0.1, 0.15) is 65.2 Å². The van der Waals surface area contributed by atoms with Gasteiger partial charge in [0.05, 0.1) is 27.9 Å². The lowest BCUT2D eigenvalue weighted by Gasteiger charge is -2.29. The molecule has 1 aliphatic heterocycles. The third-order valence-corrected chi connectivity index (χ3v) is 8.96. The first-order chi connectivity index (χ1) is 19.9. The van der Waals surface area contributed by atoms with E-state index in [9.17, 15) is 48.7 Å². The number of nitrogens with zero attached hydrogens (tertiary/aromatic N) is 1. The number of hydrogen-bond donors (Lipinski definition) is 2. The van der Waals surface area contributed by atoms with Crippen molar-refractivity contribution in [3.63, 3.8) is 0 Å². The van der Waals surface area contributed by atoms with Crippen molar-refractivity contribution in [3.8, 4) is 0 Å². The highest BCUT2D eigenvalue weighted by Gasteiger charge is 2.47. The van der Waals surface area contributed by atoms with Gasteiger partial charge in [-0.1, -0.05) is 18.9 Å². The smallest absolute Gasteiger partial charge is 0.352 e.